The Labute approximate surface area is 92.0 Å². The molecule has 1 atom stereocenters. The van der Waals surface area contributed by atoms with Crippen LogP contribution in [0.2, 0.25) is 0 Å². The lowest BCUT2D eigenvalue weighted by Gasteiger charge is -2.11. The summed E-state index contributed by atoms with van der Waals surface area (Å²) in [6, 6.07) is 2.53. The van der Waals surface area contributed by atoms with Gasteiger partial charge in [0, 0.05) is 13.2 Å². The van der Waals surface area contributed by atoms with Gasteiger partial charge in [-0.25, -0.2) is 13.6 Å². The summed E-state index contributed by atoms with van der Waals surface area (Å²) in [6.07, 6.45) is -0.469. The predicted octanol–water partition coefficient (Wildman–Crippen LogP) is 2.16. The van der Waals surface area contributed by atoms with Gasteiger partial charge in [-0.05, 0) is 19.1 Å². The lowest BCUT2D eigenvalue weighted by atomic mass is 10.2. The van der Waals surface area contributed by atoms with E-state index in [0.29, 0.717) is 6.07 Å². The molecule has 0 aliphatic rings. The predicted molar refractivity (Wildman–Crippen MR) is 53.1 cm³/mol. The van der Waals surface area contributed by atoms with Crippen molar-refractivity contribution in [3.05, 3.63) is 35.4 Å². The molecule has 0 spiro atoms. The maximum Gasteiger partial charge on any atom is 0.338 e. The minimum Gasteiger partial charge on any atom is -0.457 e. The van der Waals surface area contributed by atoms with E-state index in [-0.39, 0.29) is 12.2 Å². The van der Waals surface area contributed by atoms with Crippen LogP contribution < -0.4 is 0 Å². The normalized spacial score (nSPS) is 12.2. The Morgan fingerprint density at radius 2 is 1.88 bits per heavy atom. The first-order valence-electron chi connectivity index (χ1n) is 4.69. The molecule has 0 aromatic heterocycles. The number of rotatable bonds is 4. The van der Waals surface area contributed by atoms with Crippen molar-refractivity contribution in [3.8, 4) is 0 Å². The fourth-order valence-corrected chi connectivity index (χ4v) is 1.19. The number of halogens is 2. The van der Waals surface area contributed by atoms with Crippen molar-refractivity contribution in [1.82, 2.24) is 0 Å². The summed E-state index contributed by atoms with van der Waals surface area (Å²) in [7, 11) is 1.46. The Morgan fingerprint density at radius 1 is 1.31 bits per heavy atom. The van der Waals surface area contributed by atoms with E-state index in [2.05, 4.69) is 0 Å². The largest absolute Gasteiger partial charge is 0.457 e. The van der Waals surface area contributed by atoms with Crippen molar-refractivity contribution in [1.29, 1.82) is 0 Å². The zero-order valence-electron chi connectivity index (χ0n) is 9.00. The topological polar surface area (TPSA) is 35.5 Å². The lowest BCUT2D eigenvalue weighted by Crippen LogP contribution is -2.19. The zero-order valence-corrected chi connectivity index (χ0v) is 9.00. The molecule has 0 bridgehead atoms. The summed E-state index contributed by atoms with van der Waals surface area (Å²) in [5.41, 5.74) is -0.152. The van der Waals surface area contributed by atoms with Gasteiger partial charge in [-0.15, -0.1) is 0 Å². The first-order valence-corrected chi connectivity index (χ1v) is 4.69. The summed E-state index contributed by atoms with van der Waals surface area (Å²) in [6.45, 7) is 1.85. The summed E-state index contributed by atoms with van der Waals surface area (Å²) in [4.78, 5) is 11.4. The molecule has 88 valence electrons. The molecule has 1 aromatic carbocycles. The maximum absolute atomic E-state index is 12.8. The van der Waals surface area contributed by atoms with E-state index in [4.69, 9.17) is 9.47 Å². The van der Waals surface area contributed by atoms with Crippen LogP contribution in [-0.2, 0) is 9.47 Å². The van der Waals surface area contributed by atoms with Crippen LogP contribution in [0.1, 0.15) is 17.3 Å². The SMILES string of the molecule is COCC(C)OC(=O)c1cc(F)cc(F)c1. The third-order valence-electron chi connectivity index (χ3n) is 1.81. The highest BCUT2D eigenvalue weighted by molar-refractivity contribution is 5.89. The van der Waals surface area contributed by atoms with E-state index in [9.17, 15) is 13.6 Å². The number of esters is 1. The number of ether oxygens (including phenoxy) is 2. The van der Waals surface area contributed by atoms with Crippen molar-refractivity contribution in [2.75, 3.05) is 13.7 Å². The van der Waals surface area contributed by atoms with Gasteiger partial charge in [0.15, 0.2) is 0 Å². The highest BCUT2D eigenvalue weighted by atomic mass is 19.1. The standard InChI is InChI=1S/C11H12F2O3/c1-7(6-15-2)16-11(14)8-3-9(12)5-10(13)4-8/h3-5,7H,6H2,1-2H3. The molecule has 0 saturated heterocycles. The van der Waals surface area contributed by atoms with Crippen LogP contribution >= 0.6 is 0 Å². The molecular formula is C11H12F2O3. The molecule has 1 unspecified atom stereocenters. The molecular weight excluding hydrogens is 218 g/mol. The molecule has 0 amide bonds. The van der Waals surface area contributed by atoms with Crippen LogP contribution in [-0.4, -0.2) is 25.8 Å². The molecule has 16 heavy (non-hydrogen) atoms. The minimum absolute atomic E-state index is 0.152. The Morgan fingerprint density at radius 3 is 2.38 bits per heavy atom. The van der Waals surface area contributed by atoms with Crippen molar-refractivity contribution in [2.45, 2.75) is 13.0 Å². The highest BCUT2D eigenvalue weighted by Gasteiger charge is 2.13. The Kier molecular flexibility index (Phi) is 4.37. The Bertz CT molecular complexity index is 359. The van der Waals surface area contributed by atoms with Crippen LogP contribution in [0.25, 0.3) is 0 Å². The van der Waals surface area contributed by atoms with Gasteiger partial charge in [0.1, 0.15) is 17.7 Å². The van der Waals surface area contributed by atoms with E-state index in [1.54, 1.807) is 6.92 Å². The van der Waals surface area contributed by atoms with E-state index < -0.39 is 23.7 Å². The van der Waals surface area contributed by atoms with Crippen LogP contribution in [0.15, 0.2) is 18.2 Å². The monoisotopic (exact) mass is 230 g/mol. The number of carbonyl (C=O) groups is 1. The second kappa shape index (κ2) is 5.55. The molecule has 1 rings (SSSR count). The van der Waals surface area contributed by atoms with Gasteiger partial charge >= 0.3 is 5.97 Å². The van der Waals surface area contributed by atoms with E-state index in [1.165, 1.54) is 7.11 Å². The molecule has 1 aromatic rings. The summed E-state index contributed by atoms with van der Waals surface area (Å²) >= 11 is 0. The average Bonchev–Trinajstić information content (AvgIpc) is 2.16. The quantitative estimate of drug-likeness (QED) is 0.743. The first kappa shape index (κ1) is 12.6. The first-order chi connectivity index (χ1) is 7.52. The number of hydrogen-bond acceptors (Lipinski definition) is 3. The van der Waals surface area contributed by atoms with E-state index in [0.717, 1.165) is 12.1 Å². The van der Waals surface area contributed by atoms with Gasteiger partial charge < -0.3 is 9.47 Å². The molecule has 0 radical (unpaired) electrons. The lowest BCUT2D eigenvalue weighted by molar-refractivity contribution is 0.0119. The van der Waals surface area contributed by atoms with Gasteiger partial charge in [0.2, 0.25) is 0 Å². The van der Waals surface area contributed by atoms with Crippen LogP contribution in [0.4, 0.5) is 8.78 Å². The zero-order chi connectivity index (χ0) is 12.1. The maximum atomic E-state index is 12.8. The summed E-state index contributed by atoms with van der Waals surface area (Å²) < 4.78 is 35.3. The molecule has 3 nitrogen and oxygen atoms in total. The number of benzene rings is 1. The second-order valence-electron chi connectivity index (χ2n) is 3.33. The smallest absolute Gasteiger partial charge is 0.338 e. The third-order valence-corrected chi connectivity index (χ3v) is 1.81. The van der Waals surface area contributed by atoms with Gasteiger partial charge in [0.05, 0.1) is 12.2 Å². The molecule has 0 N–H and O–H groups in total. The third kappa shape index (κ3) is 3.58. The molecule has 5 heteroatoms. The van der Waals surface area contributed by atoms with Crippen LogP contribution in [0.3, 0.4) is 0 Å². The van der Waals surface area contributed by atoms with Gasteiger partial charge in [-0.2, -0.15) is 0 Å². The Balaban J connectivity index is 2.72. The fraction of sp³-hybridized carbons (Fsp3) is 0.364. The molecule has 0 saturated carbocycles. The van der Waals surface area contributed by atoms with E-state index in [1.807, 2.05) is 0 Å². The molecule has 0 heterocycles. The molecule has 0 fully saturated rings. The summed E-state index contributed by atoms with van der Waals surface area (Å²) in [5.74, 6) is -2.40. The number of carbonyl (C=O) groups excluding carboxylic acids is 1. The molecule has 0 aliphatic carbocycles. The Hall–Kier alpha value is -1.49. The average molecular weight is 230 g/mol. The number of methoxy groups -OCH3 is 1. The van der Waals surface area contributed by atoms with Crippen molar-refractivity contribution < 1.29 is 23.0 Å². The van der Waals surface area contributed by atoms with E-state index >= 15 is 0 Å². The summed E-state index contributed by atoms with van der Waals surface area (Å²) in [5, 5.41) is 0. The van der Waals surface area contributed by atoms with Gasteiger partial charge in [0.25, 0.3) is 0 Å². The number of hydrogen-bond donors (Lipinski definition) is 0. The van der Waals surface area contributed by atoms with Gasteiger partial charge in [-0.3, -0.25) is 0 Å². The molecule has 0 aliphatic heterocycles. The van der Waals surface area contributed by atoms with Crippen LogP contribution in [0.5, 0.6) is 0 Å². The minimum atomic E-state index is -0.814. The van der Waals surface area contributed by atoms with Crippen molar-refractivity contribution >= 4 is 5.97 Å². The fourth-order valence-electron chi connectivity index (χ4n) is 1.19. The van der Waals surface area contributed by atoms with Crippen LogP contribution in [0, 0.1) is 11.6 Å². The van der Waals surface area contributed by atoms with Crippen molar-refractivity contribution in [3.63, 3.8) is 0 Å². The highest BCUT2D eigenvalue weighted by Crippen LogP contribution is 2.10. The van der Waals surface area contributed by atoms with Gasteiger partial charge in [-0.1, -0.05) is 0 Å². The second-order valence-corrected chi connectivity index (χ2v) is 3.33. The van der Waals surface area contributed by atoms with Crippen molar-refractivity contribution in [2.24, 2.45) is 0 Å².